The molecule has 2 aromatic rings. The number of pyridine rings is 1. The molecular weight excluding hydrogens is 310 g/mol. The van der Waals surface area contributed by atoms with Crippen LogP contribution in [0, 0.1) is 0 Å². The third kappa shape index (κ3) is 4.39. The molecule has 1 N–H and O–H groups in total. The summed E-state index contributed by atoms with van der Waals surface area (Å²) in [5.41, 5.74) is 0.929. The molecule has 0 radical (unpaired) electrons. The lowest BCUT2D eigenvalue weighted by Gasteiger charge is -2.18. The van der Waals surface area contributed by atoms with Crippen LogP contribution in [0.5, 0.6) is 0 Å². The highest BCUT2D eigenvalue weighted by Crippen LogP contribution is 2.14. The molecule has 0 saturated heterocycles. The lowest BCUT2D eigenvalue weighted by molar-refractivity contribution is -0.141. The van der Waals surface area contributed by atoms with Crippen molar-refractivity contribution in [2.45, 2.75) is 6.04 Å². The van der Waals surface area contributed by atoms with Gasteiger partial charge in [0, 0.05) is 11.9 Å². The fraction of sp³-hybridized carbons (Fsp3) is 0.176. The zero-order valence-electron chi connectivity index (χ0n) is 13.3. The molecule has 0 saturated carbocycles. The highest BCUT2D eigenvalue weighted by atomic mass is 16.5. The van der Waals surface area contributed by atoms with Gasteiger partial charge in [-0.15, -0.1) is 0 Å². The fourth-order valence-electron chi connectivity index (χ4n) is 1.95. The van der Waals surface area contributed by atoms with E-state index in [9.17, 15) is 9.59 Å². The third-order valence-electron chi connectivity index (χ3n) is 3.09. The van der Waals surface area contributed by atoms with Crippen LogP contribution in [0.4, 0.5) is 11.4 Å². The van der Waals surface area contributed by atoms with Gasteiger partial charge in [0.15, 0.2) is 11.8 Å². The van der Waals surface area contributed by atoms with Crippen molar-refractivity contribution >= 4 is 29.0 Å². The zero-order valence-corrected chi connectivity index (χ0v) is 13.3. The lowest BCUT2D eigenvalue weighted by Crippen LogP contribution is -2.42. The van der Waals surface area contributed by atoms with Crippen LogP contribution in [0.1, 0.15) is 0 Å². The first-order valence-corrected chi connectivity index (χ1v) is 7.12. The monoisotopic (exact) mass is 327 g/mol. The molecular formula is C17H17N3O4. The minimum absolute atomic E-state index is 0.124. The van der Waals surface area contributed by atoms with E-state index in [0.717, 1.165) is 0 Å². The van der Waals surface area contributed by atoms with Gasteiger partial charge < -0.3 is 14.8 Å². The maximum Gasteiger partial charge on any atom is 0.355 e. The number of rotatable bonds is 6. The molecule has 1 unspecified atom stereocenters. The lowest BCUT2D eigenvalue weighted by atomic mass is 10.1. The summed E-state index contributed by atoms with van der Waals surface area (Å²) in [4.78, 5) is 32.5. The van der Waals surface area contributed by atoms with Gasteiger partial charge in [-0.1, -0.05) is 18.2 Å². The van der Waals surface area contributed by atoms with Gasteiger partial charge in [0.25, 0.3) is 0 Å². The minimum atomic E-state index is -1.12. The number of carbonyl (C=O) groups is 2. The predicted octanol–water partition coefficient (Wildman–Crippen LogP) is 1.98. The molecule has 1 aromatic carbocycles. The van der Waals surface area contributed by atoms with Crippen LogP contribution in [-0.4, -0.2) is 42.9 Å². The Morgan fingerprint density at radius 2 is 1.83 bits per heavy atom. The summed E-state index contributed by atoms with van der Waals surface area (Å²) < 4.78 is 9.55. The van der Waals surface area contributed by atoms with E-state index in [0.29, 0.717) is 11.4 Å². The van der Waals surface area contributed by atoms with E-state index >= 15 is 0 Å². The number of carbonyl (C=O) groups excluding carboxylic acids is 2. The molecule has 24 heavy (non-hydrogen) atoms. The number of hydrogen-bond donors (Lipinski definition) is 1. The standard InChI is InChI=1S/C17H17N3O4/c1-23-16(21)14(19-12-7-4-3-5-8-12)15(17(22)24-2)20-13-9-6-10-18-11-13/h3-11,14,19H,1-2H3. The van der Waals surface area contributed by atoms with Crippen LogP contribution in [0.3, 0.4) is 0 Å². The predicted molar refractivity (Wildman–Crippen MR) is 89.2 cm³/mol. The average Bonchev–Trinajstić information content (AvgIpc) is 2.65. The Bertz CT molecular complexity index is 717. The molecule has 0 spiro atoms. The Labute approximate surface area is 139 Å². The molecule has 0 aliphatic heterocycles. The number of ether oxygens (including phenoxy) is 2. The largest absolute Gasteiger partial charge is 0.467 e. The van der Waals surface area contributed by atoms with Gasteiger partial charge in [0.1, 0.15) is 0 Å². The second-order valence-electron chi connectivity index (χ2n) is 4.67. The molecule has 1 aromatic heterocycles. The third-order valence-corrected chi connectivity index (χ3v) is 3.09. The normalized spacial score (nSPS) is 12.2. The van der Waals surface area contributed by atoms with E-state index in [-0.39, 0.29) is 5.71 Å². The highest BCUT2D eigenvalue weighted by Gasteiger charge is 2.31. The van der Waals surface area contributed by atoms with E-state index in [2.05, 4.69) is 15.3 Å². The Balaban J connectivity index is 2.43. The van der Waals surface area contributed by atoms with Crippen molar-refractivity contribution in [3.63, 3.8) is 0 Å². The number of methoxy groups -OCH3 is 2. The molecule has 1 heterocycles. The summed E-state index contributed by atoms with van der Waals surface area (Å²) in [5.74, 6) is -1.40. The summed E-state index contributed by atoms with van der Waals surface area (Å²) in [6.45, 7) is 0. The zero-order chi connectivity index (χ0) is 17.4. The van der Waals surface area contributed by atoms with E-state index in [1.807, 2.05) is 6.07 Å². The number of benzene rings is 1. The number of hydrogen-bond acceptors (Lipinski definition) is 7. The Morgan fingerprint density at radius 3 is 2.42 bits per heavy atom. The molecule has 2 rings (SSSR count). The maximum absolute atomic E-state index is 12.2. The van der Waals surface area contributed by atoms with Crippen molar-refractivity contribution in [3.05, 3.63) is 54.9 Å². The van der Waals surface area contributed by atoms with Crippen molar-refractivity contribution in [3.8, 4) is 0 Å². The smallest absolute Gasteiger partial charge is 0.355 e. The van der Waals surface area contributed by atoms with Gasteiger partial charge in [-0.25, -0.2) is 14.6 Å². The van der Waals surface area contributed by atoms with Crippen molar-refractivity contribution < 1.29 is 19.1 Å². The Hall–Kier alpha value is -3.22. The molecule has 7 nitrogen and oxygen atoms in total. The molecule has 0 bridgehead atoms. The quantitative estimate of drug-likeness (QED) is 0.644. The Kier molecular flexibility index (Phi) is 6.01. The first-order chi connectivity index (χ1) is 11.7. The number of para-hydroxylation sites is 1. The first-order valence-electron chi connectivity index (χ1n) is 7.12. The van der Waals surface area contributed by atoms with Crippen molar-refractivity contribution in [2.24, 2.45) is 4.99 Å². The molecule has 0 aliphatic rings. The number of aliphatic imine (C=N–C) groups is 1. The maximum atomic E-state index is 12.2. The van der Waals surface area contributed by atoms with Crippen molar-refractivity contribution in [1.29, 1.82) is 0 Å². The fourth-order valence-corrected chi connectivity index (χ4v) is 1.95. The average molecular weight is 327 g/mol. The number of aromatic nitrogens is 1. The number of esters is 2. The number of nitrogens with zero attached hydrogens (tertiary/aromatic N) is 2. The van der Waals surface area contributed by atoms with Gasteiger partial charge in [-0.05, 0) is 24.3 Å². The van der Waals surface area contributed by atoms with Crippen LogP contribution >= 0.6 is 0 Å². The molecule has 0 fully saturated rings. The van der Waals surface area contributed by atoms with Gasteiger partial charge in [0.05, 0.1) is 26.1 Å². The van der Waals surface area contributed by atoms with E-state index in [1.54, 1.807) is 42.6 Å². The van der Waals surface area contributed by atoms with Crippen LogP contribution in [0.25, 0.3) is 0 Å². The Morgan fingerprint density at radius 1 is 1.08 bits per heavy atom. The number of anilines is 1. The van der Waals surface area contributed by atoms with Crippen LogP contribution in [0.15, 0.2) is 59.9 Å². The van der Waals surface area contributed by atoms with Crippen molar-refractivity contribution in [1.82, 2.24) is 4.98 Å². The molecule has 1 atom stereocenters. The highest BCUT2D eigenvalue weighted by molar-refractivity contribution is 6.43. The number of nitrogens with one attached hydrogen (secondary N) is 1. The van der Waals surface area contributed by atoms with E-state index in [1.165, 1.54) is 20.4 Å². The second-order valence-corrected chi connectivity index (χ2v) is 4.67. The van der Waals surface area contributed by atoms with E-state index in [4.69, 9.17) is 9.47 Å². The van der Waals surface area contributed by atoms with Crippen molar-refractivity contribution in [2.75, 3.05) is 19.5 Å². The molecule has 124 valence electrons. The summed E-state index contributed by atoms with van der Waals surface area (Å²) in [7, 11) is 2.46. The van der Waals surface area contributed by atoms with E-state index < -0.39 is 18.0 Å². The van der Waals surface area contributed by atoms with Gasteiger partial charge in [-0.2, -0.15) is 0 Å². The summed E-state index contributed by atoms with van der Waals surface area (Å²) in [6.07, 6.45) is 3.05. The topological polar surface area (TPSA) is 89.9 Å². The first kappa shape index (κ1) is 17.1. The molecule has 7 heteroatoms. The van der Waals surface area contributed by atoms with Crippen LogP contribution < -0.4 is 5.32 Å². The summed E-state index contributed by atoms with van der Waals surface area (Å²) in [6, 6.07) is 11.2. The molecule has 0 aliphatic carbocycles. The SMILES string of the molecule is COC(=O)C(=Nc1cccnc1)C(Nc1ccccc1)C(=O)OC. The van der Waals surface area contributed by atoms with Gasteiger partial charge in [0.2, 0.25) is 0 Å². The summed E-state index contributed by atoms with van der Waals surface area (Å²) in [5, 5.41) is 2.94. The minimum Gasteiger partial charge on any atom is -0.467 e. The second kappa shape index (κ2) is 8.42. The van der Waals surface area contributed by atoms with Gasteiger partial charge >= 0.3 is 11.9 Å². The van der Waals surface area contributed by atoms with Crippen LogP contribution in [-0.2, 0) is 19.1 Å². The van der Waals surface area contributed by atoms with Crippen LogP contribution in [0.2, 0.25) is 0 Å². The van der Waals surface area contributed by atoms with Gasteiger partial charge in [-0.3, -0.25) is 4.98 Å². The summed E-state index contributed by atoms with van der Waals surface area (Å²) >= 11 is 0. The molecule has 0 amide bonds.